The molecule has 0 atom stereocenters. The lowest BCUT2D eigenvalue weighted by Crippen LogP contribution is -2.27. The Hall–Kier alpha value is -3.61. The number of carbonyl (C=O) groups excluding carboxylic acids is 1. The number of hydrogen-bond acceptors (Lipinski definition) is 6. The molecule has 0 bridgehead atoms. The van der Waals surface area contributed by atoms with Gasteiger partial charge in [0.2, 0.25) is 0 Å². The highest BCUT2D eigenvalue weighted by atomic mass is 16.5. The molecular weight excluding hydrogens is 420 g/mol. The topological polar surface area (TPSA) is 79.7 Å². The zero-order valence-corrected chi connectivity index (χ0v) is 19.4. The maximum Gasteiger partial charge on any atom is 0.305 e. The van der Waals surface area contributed by atoms with Crippen molar-refractivity contribution in [3.63, 3.8) is 0 Å². The molecule has 0 radical (unpaired) electrons. The Bertz CT molecular complexity index is 1130. The molecule has 2 aromatic carbocycles. The van der Waals surface area contributed by atoms with Crippen molar-refractivity contribution in [1.29, 1.82) is 0 Å². The number of nitrogens with zero attached hydrogens (tertiary/aromatic N) is 2. The van der Waals surface area contributed by atoms with Crippen LogP contribution in [0, 0.1) is 0 Å². The smallest absolute Gasteiger partial charge is 0.305 e. The van der Waals surface area contributed by atoms with Crippen LogP contribution < -0.4 is 15.0 Å². The van der Waals surface area contributed by atoms with Gasteiger partial charge in [0.25, 0.3) is 5.56 Å². The molecule has 0 saturated heterocycles. The van der Waals surface area contributed by atoms with Crippen molar-refractivity contribution in [3.05, 3.63) is 76.3 Å². The van der Waals surface area contributed by atoms with Crippen LogP contribution in [0.15, 0.2) is 59.4 Å². The van der Waals surface area contributed by atoms with Crippen molar-refractivity contribution < 1.29 is 19.0 Å². The van der Waals surface area contributed by atoms with E-state index in [9.17, 15) is 9.59 Å². The molecular formula is C26H30N2O5. The number of hydrogen-bond donors (Lipinski definition) is 0. The third-order valence-electron chi connectivity index (χ3n) is 5.24. The fourth-order valence-electron chi connectivity index (χ4n) is 3.61. The normalized spacial score (nSPS) is 10.6. The van der Waals surface area contributed by atoms with Gasteiger partial charge < -0.3 is 14.2 Å². The van der Waals surface area contributed by atoms with Crippen LogP contribution >= 0.6 is 0 Å². The van der Waals surface area contributed by atoms with Gasteiger partial charge in [0, 0.05) is 30.0 Å². The molecule has 0 aliphatic carbocycles. The highest BCUT2D eigenvalue weighted by molar-refractivity contribution is 5.70. The molecule has 0 spiro atoms. The van der Waals surface area contributed by atoms with Crippen molar-refractivity contribution >= 4 is 5.97 Å². The minimum Gasteiger partial charge on any atom is -0.493 e. The van der Waals surface area contributed by atoms with Gasteiger partial charge in [-0.05, 0) is 25.5 Å². The summed E-state index contributed by atoms with van der Waals surface area (Å²) in [5.74, 6) is 1.72. The first-order valence-electron chi connectivity index (χ1n) is 11.2. The predicted molar refractivity (Wildman–Crippen MR) is 127 cm³/mol. The lowest BCUT2D eigenvalue weighted by Gasteiger charge is -2.17. The van der Waals surface area contributed by atoms with E-state index in [0.717, 1.165) is 11.1 Å². The summed E-state index contributed by atoms with van der Waals surface area (Å²) in [6.45, 7) is 5.02. The Morgan fingerprint density at radius 3 is 2.39 bits per heavy atom. The molecule has 0 saturated carbocycles. The third kappa shape index (κ3) is 6.22. The molecule has 0 aliphatic heterocycles. The molecule has 7 nitrogen and oxygen atoms in total. The van der Waals surface area contributed by atoms with Gasteiger partial charge in [0.1, 0.15) is 23.9 Å². The Morgan fingerprint density at radius 2 is 1.73 bits per heavy atom. The number of benzene rings is 2. The second kappa shape index (κ2) is 11.9. The quantitative estimate of drug-likeness (QED) is 0.410. The highest BCUT2D eigenvalue weighted by Gasteiger charge is 2.14. The molecule has 1 aromatic heterocycles. The van der Waals surface area contributed by atoms with Gasteiger partial charge in [0.05, 0.1) is 26.0 Å². The molecule has 0 N–H and O–H groups in total. The van der Waals surface area contributed by atoms with Gasteiger partial charge in [-0.2, -0.15) is 0 Å². The molecule has 174 valence electrons. The van der Waals surface area contributed by atoms with E-state index in [1.165, 1.54) is 7.11 Å². The van der Waals surface area contributed by atoms with E-state index in [1.807, 2.05) is 62.4 Å². The number of methoxy groups -OCH3 is 1. The van der Waals surface area contributed by atoms with E-state index in [0.29, 0.717) is 49.0 Å². The summed E-state index contributed by atoms with van der Waals surface area (Å²) in [7, 11) is 1.37. The fourth-order valence-corrected chi connectivity index (χ4v) is 3.61. The number of rotatable bonds is 11. The average Bonchev–Trinajstić information content (AvgIpc) is 2.84. The van der Waals surface area contributed by atoms with E-state index in [2.05, 4.69) is 0 Å². The minimum absolute atomic E-state index is 0.113. The standard InChI is InChI=1S/C26H30N2O5/c1-4-24-27-21(19-10-7-6-8-11-19)18-25(29)28(24)16-17-33-23-13-9-12-22(32-5-2)20(23)14-15-26(30)31-3/h6-13,18H,4-5,14-17H2,1-3H3. The van der Waals surface area contributed by atoms with Crippen molar-refractivity contribution in [2.45, 2.75) is 39.7 Å². The van der Waals surface area contributed by atoms with Crippen LogP contribution in [0.5, 0.6) is 11.5 Å². The van der Waals surface area contributed by atoms with Crippen LogP contribution in [0.1, 0.15) is 31.7 Å². The molecule has 0 unspecified atom stereocenters. The molecule has 3 rings (SSSR count). The molecule has 1 heterocycles. The van der Waals surface area contributed by atoms with Crippen LogP contribution in [-0.2, 0) is 28.9 Å². The summed E-state index contributed by atoms with van der Waals surface area (Å²) >= 11 is 0. The number of ether oxygens (including phenoxy) is 3. The number of aryl methyl sites for hydroxylation is 1. The molecule has 0 aliphatic rings. The molecule has 0 fully saturated rings. The van der Waals surface area contributed by atoms with Crippen LogP contribution in [0.25, 0.3) is 11.3 Å². The molecule has 7 heteroatoms. The van der Waals surface area contributed by atoms with Crippen LogP contribution in [-0.4, -0.2) is 35.8 Å². The molecule has 0 amide bonds. The summed E-state index contributed by atoms with van der Waals surface area (Å²) in [6, 6.07) is 16.8. The van der Waals surface area contributed by atoms with Crippen LogP contribution in [0.2, 0.25) is 0 Å². The number of aromatic nitrogens is 2. The van der Waals surface area contributed by atoms with Gasteiger partial charge in [-0.3, -0.25) is 14.2 Å². The SMILES string of the molecule is CCOc1cccc(OCCn2c(CC)nc(-c3ccccc3)cc2=O)c1CCC(=O)OC. The van der Waals surface area contributed by atoms with E-state index < -0.39 is 0 Å². The fraction of sp³-hybridized carbons (Fsp3) is 0.346. The van der Waals surface area contributed by atoms with Gasteiger partial charge >= 0.3 is 5.97 Å². The van der Waals surface area contributed by atoms with E-state index in [1.54, 1.807) is 10.6 Å². The van der Waals surface area contributed by atoms with Crippen molar-refractivity contribution in [1.82, 2.24) is 9.55 Å². The second-order valence-corrected chi connectivity index (χ2v) is 7.36. The monoisotopic (exact) mass is 450 g/mol. The zero-order valence-electron chi connectivity index (χ0n) is 19.4. The number of esters is 1. The van der Waals surface area contributed by atoms with Crippen molar-refractivity contribution in [2.24, 2.45) is 0 Å². The average molecular weight is 451 g/mol. The lowest BCUT2D eigenvalue weighted by atomic mass is 10.1. The second-order valence-electron chi connectivity index (χ2n) is 7.36. The summed E-state index contributed by atoms with van der Waals surface area (Å²) < 4.78 is 18.2. The van der Waals surface area contributed by atoms with E-state index >= 15 is 0 Å². The van der Waals surface area contributed by atoms with Crippen molar-refractivity contribution in [2.75, 3.05) is 20.3 Å². The van der Waals surface area contributed by atoms with Crippen LogP contribution in [0.4, 0.5) is 0 Å². The minimum atomic E-state index is -0.295. The van der Waals surface area contributed by atoms with Gasteiger partial charge in [-0.15, -0.1) is 0 Å². The lowest BCUT2D eigenvalue weighted by molar-refractivity contribution is -0.140. The van der Waals surface area contributed by atoms with Gasteiger partial charge in [0.15, 0.2) is 0 Å². The van der Waals surface area contributed by atoms with E-state index in [-0.39, 0.29) is 24.6 Å². The summed E-state index contributed by atoms with van der Waals surface area (Å²) in [5.41, 5.74) is 2.28. The van der Waals surface area contributed by atoms with Gasteiger partial charge in [-0.1, -0.05) is 43.3 Å². The Labute approximate surface area is 194 Å². The van der Waals surface area contributed by atoms with Gasteiger partial charge in [-0.25, -0.2) is 4.98 Å². The predicted octanol–water partition coefficient (Wildman–Crippen LogP) is 4.06. The summed E-state index contributed by atoms with van der Waals surface area (Å²) in [5, 5.41) is 0. The maximum atomic E-state index is 12.8. The maximum absolute atomic E-state index is 12.8. The zero-order chi connectivity index (χ0) is 23.6. The third-order valence-corrected chi connectivity index (χ3v) is 5.24. The summed E-state index contributed by atoms with van der Waals surface area (Å²) in [6.07, 6.45) is 1.28. The summed E-state index contributed by atoms with van der Waals surface area (Å²) in [4.78, 5) is 29.2. The van der Waals surface area contributed by atoms with Crippen LogP contribution in [0.3, 0.4) is 0 Å². The highest BCUT2D eigenvalue weighted by Crippen LogP contribution is 2.30. The molecule has 3 aromatic rings. The Kier molecular flexibility index (Phi) is 8.63. The largest absolute Gasteiger partial charge is 0.493 e. The number of carbonyl (C=O) groups is 1. The molecule has 33 heavy (non-hydrogen) atoms. The Balaban J connectivity index is 1.78. The first-order chi connectivity index (χ1) is 16.1. The van der Waals surface area contributed by atoms with E-state index in [4.69, 9.17) is 19.2 Å². The van der Waals surface area contributed by atoms with Crippen molar-refractivity contribution in [3.8, 4) is 22.8 Å². The first kappa shape index (κ1) is 24.0. The first-order valence-corrected chi connectivity index (χ1v) is 11.2. The Morgan fingerprint density at radius 1 is 1.00 bits per heavy atom.